The summed E-state index contributed by atoms with van der Waals surface area (Å²) < 4.78 is 0. The van der Waals surface area contributed by atoms with Gasteiger partial charge in [-0.05, 0) is 24.8 Å². The van der Waals surface area contributed by atoms with Gasteiger partial charge in [-0.15, -0.1) is 0 Å². The summed E-state index contributed by atoms with van der Waals surface area (Å²) in [6, 6.07) is 10.8. The van der Waals surface area contributed by atoms with Crippen molar-refractivity contribution in [3.63, 3.8) is 0 Å². The molecule has 2 nitrogen and oxygen atoms in total. The molecule has 1 heterocycles. The first-order chi connectivity index (χ1) is 9.38. The molecule has 1 aromatic rings. The molecule has 0 spiro atoms. The Kier molecular flexibility index (Phi) is 5.83. The zero-order chi connectivity index (χ0) is 13.3. The van der Waals surface area contributed by atoms with Crippen LogP contribution < -0.4 is 5.32 Å². The van der Waals surface area contributed by atoms with E-state index in [0.717, 1.165) is 19.1 Å². The van der Waals surface area contributed by atoms with Crippen molar-refractivity contribution in [2.45, 2.75) is 50.6 Å². The van der Waals surface area contributed by atoms with Crippen molar-refractivity contribution in [2.75, 3.05) is 0 Å². The summed E-state index contributed by atoms with van der Waals surface area (Å²) in [4.78, 5) is 11.0. The van der Waals surface area contributed by atoms with Gasteiger partial charge in [-0.3, -0.25) is 0 Å². The van der Waals surface area contributed by atoms with E-state index in [1.807, 2.05) is 6.07 Å². The summed E-state index contributed by atoms with van der Waals surface area (Å²) in [6.45, 7) is 0. The number of hydrogen-bond acceptors (Lipinski definition) is 2. The van der Waals surface area contributed by atoms with E-state index in [1.165, 1.54) is 31.2 Å². The van der Waals surface area contributed by atoms with Gasteiger partial charge in [-0.1, -0.05) is 61.7 Å². The molecule has 1 aliphatic rings. The fourth-order valence-corrected chi connectivity index (χ4v) is 2.63. The molecule has 0 amide bonds. The highest BCUT2D eigenvalue weighted by Gasteiger charge is 2.16. The molecule has 0 radical (unpaired) electrons. The summed E-state index contributed by atoms with van der Waals surface area (Å²) >= 11 is 0. The predicted octanol–water partition coefficient (Wildman–Crippen LogP) is 3.58. The molecule has 1 aromatic carbocycles. The summed E-state index contributed by atoms with van der Waals surface area (Å²) in [6.07, 6.45) is 12.3. The lowest BCUT2D eigenvalue weighted by atomic mass is 9.98. The third-order valence-electron chi connectivity index (χ3n) is 3.71. The van der Waals surface area contributed by atoms with Crippen LogP contribution in [0, 0.1) is 0 Å². The number of hydrogen-bond donors (Lipinski definition) is 1. The van der Waals surface area contributed by atoms with E-state index in [0.29, 0.717) is 6.04 Å². The van der Waals surface area contributed by atoms with Gasteiger partial charge in [-0.25, -0.2) is 0 Å². The second-order valence-electron chi connectivity index (χ2n) is 5.29. The number of aldehydes is 1. The van der Waals surface area contributed by atoms with E-state index >= 15 is 0 Å². The van der Waals surface area contributed by atoms with Gasteiger partial charge in [0.15, 0.2) is 0 Å². The third-order valence-corrected chi connectivity index (χ3v) is 3.71. The number of rotatable bonds is 4. The van der Waals surface area contributed by atoms with E-state index in [9.17, 15) is 4.79 Å². The Morgan fingerprint density at radius 1 is 1.11 bits per heavy atom. The van der Waals surface area contributed by atoms with Crippen molar-refractivity contribution in [3.8, 4) is 0 Å². The fourth-order valence-electron chi connectivity index (χ4n) is 2.63. The Morgan fingerprint density at radius 3 is 2.68 bits per heavy atom. The van der Waals surface area contributed by atoms with E-state index in [2.05, 4.69) is 41.7 Å². The predicted molar refractivity (Wildman–Crippen MR) is 80.0 cm³/mol. The first kappa shape index (κ1) is 14.0. The minimum atomic E-state index is 0.0513. The highest BCUT2D eigenvalue weighted by atomic mass is 16.1. The lowest BCUT2D eigenvalue weighted by molar-refractivity contribution is -0.110. The van der Waals surface area contributed by atoms with Crippen molar-refractivity contribution < 1.29 is 4.79 Å². The highest BCUT2D eigenvalue weighted by molar-refractivity contribution is 5.57. The van der Waals surface area contributed by atoms with Gasteiger partial charge < -0.3 is 10.1 Å². The first-order valence-electron chi connectivity index (χ1n) is 7.31. The quantitative estimate of drug-likeness (QED) is 0.835. The monoisotopic (exact) mass is 257 g/mol. The van der Waals surface area contributed by atoms with Crippen LogP contribution in [0.2, 0.25) is 0 Å². The summed E-state index contributed by atoms with van der Waals surface area (Å²) in [5.74, 6) is 0. The van der Waals surface area contributed by atoms with Gasteiger partial charge in [-0.2, -0.15) is 0 Å². The maximum absolute atomic E-state index is 11.0. The molecule has 0 saturated carbocycles. The van der Waals surface area contributed by atoms with Crippen LogP contribution in [-0.4, -0.2) is 18.4 Å². The van der Waals surface area contributed by atoms with Crippen LogP contribution in [0.25, 0.3) is 6.08 Å². The smallest absolute Gasteiger partial charge is 0.136 e. The Morgan fingerprint density at radius 2 is 1.89 bits per heavy atom. The van der Waals surface area contributed by atoms with Crippen LogP contribution >= 0.6 is 0 Å². The van der Waals surface area contributed by atoms with Crippen LogP contribution in [0.3, 0.4) is 0 Å². The first-order valence-corrected chi connectivity index (χ1v) is 7.31. The highest BCUT2D eigenvalue weighted by Crippen LogP contribution is 2.15. The van der Waals surface area contributed by atoms with Gasteiger partial charge in [0.2, 0.25) is 0 Å². The molecule has 2 heteroatoms. The number of nitrogens with one attached hydrogen (secondary N) is 1. The van der Waals surface area contributed by atoms with Gasteiger partial charge in [0.1, 0.15) is 6.29 Å². The Labute approximate surface area is 115 Å². The maximum atomic E-state index is 11.0. The molecule has 2 atom stereocenters. The molecule has 2 unspecified atom stereocenters. The minimum absolute atomic E-state index is 0.0513. The SMILES string of the molecule is O=CC1CCCCCC(CC=Cc2ccccc2)N1. The van der Waals surface area contributed by atoms with E-state index in [1.54, 1.807) is 0 Å². The third kappa shape index (κ3) is 4.99. The minimum Gasteiger partial charge on any atom is -0.305 e. The van der Waals surface area contributed by atoms with Crippen molar-refractivity contribution in [1.82, 2.24) is 5.32 Å². The van der Waals surface area contributed by atoms with Gasteiger partial charge in [0.25, 0.3) is 0 Å². The van der Waals surface area contributed by atoms with Crippen molar-refractivity contribution in [3.05, 3.63) is 42.0 Å². The molecule has 1 N–H and O–H groups in total. The molecule has 0 aromatic heterocycles. The molecule has 19 heavy (non-hydrogen) atoms. The number of benzene rings is 1. The Balaban J connectivity index is 1.86. The van der Waals surface area contributed by atoms with Crippen molar-refractivity contribution in [1.29, 1.82) is 0 Å². The molecule has 0 bridgehead atoms. The second kappa shape index (κ2) is 7.90. The molecule has 1 saturated heterocycles. The standard InChI is InChI=1S/C17H23NO/c19-14-17-12-6-2-5-11-16(18-17)13-7-10-15-8-3-1-4-9-15/h1,3-4,7-10,14,16-18H,2,5-6,11-13H2. The Bertz CT molecular complexity index is 399. The molecule has 1 fully saturated rings. The second-order valence-corrected chi connectivity index (χ2v) is 5.29. The van der Waals surface area contributed by atoms with Crippen LogP contribution in [0.15, 0.2) is 36.4 Å². The summed E-state index contributed by atoms with van der Waals surface area (Å²) in [5.41, 5.74) is 1.24. The fraction of sp³-hybridized carbons (Fsp3) is 0.471. The molecule has 2 rings (SSSR count). The summed E-state index contributed by atoms with van der Waals surface area (Å²) in [7, 11) is 0. The molecular formula is C17H23NO. The van der Waals surface area contributed by atoms with Crippen molar-refractivity contribution >= 4 is 12.4 Å². The van der Waals surface area contributed by atoms with Gasteiger partial charge >= 0.3 is 0 Å². The normalized spacial score (nSPS) is 24.8. The Hall–Kier alpha value is -1.41. The lowest BCUT2D eigenvalue weighted by Crippen LogP contribution is -2.40. The van der Waals surface area contributed by atoms with Crippen LogP contribution in [0.1, 0.15) is 44.1 Å². The van der Waals surface area contributed by atoms with Gasteiger partial charge in [0.05, 0.1) is 6.04 Å². The maximum Gasteiger partial charge on any atom is 0.136 e. The van der Waals surface area contributed by atoms with Crippen LogP contribution in [0.4, 0.5) is 0 Å². The summed E-state index contributed by atoms with van der Waals surface area (Å²) in [5, 5.41) is 3.47. The molecule has 1 aliphatic heterocycles. The van der Waals surface area contributed by atoms with Crippen LogP contribution in [0.5, 0.6) is 0 Å². The number of carbonyl (C=O) groups excluding carboxylic acids is 1. The average Bonchev–Trinajstić information content (AvgIpc) is 2.42. The van der Waals surface area contributed by atoms with Crippen LogP contribution in [-0.2, 0) is 4.79 Å². The van der Waals surface area contributed by atoms with Crippen molar-refractivity contribution in [2.24, 2.45) is 0 Å². The number of carbonyl (C=O) groups is 1. The molecular weight excluding hydrogens is 234 g/mol. The zero-order valence-corrected chi connectivity index (χ0v) is 11.4. The van der Waals surface area contributed by atoms with Gasteiger partial charge in [0, 0.05) is 6.04 Å². The van der Waals surface area contributed by atoms with E-state index < -0.39 is 0 Å². The van der Waals surface area contributed by atoms with E-state index in [4.69, 9.17) is 0 Å². The zero-order valence-electron chi connectivity index (χ0n) is 11.4. The van der Waals surface area contributed by atoms with E-state index in [-0.39, 0.29) is 6.04 Å². The lowest BCUT2D eigenvalue weighted by Gasteiger charge is -2.24. The topological polar surface area (TPSA) is 29.1 Å². The molecule has 102 valence electrons. The molecule has 0 aliphatic carbocycles. The largest absolute Gasteiger partial charge is 0.305 e. The average molecular weight is 257 g/mol.